The molecule has 0 radical (unpaired) electrons. The number of anilines is 1. The lowest BCUT2D eigenvalue weighted by atomic mass is 10.3. The molecule has 1 aromatic heterocycles. The van der Waals surface area contributed by atoms with E-state index in [1.54, 1.807) is 6.92 Å². The van der Waals surface area contributed by atoms with Gasteiger partial charge in [0.1, 0.15) is 6.33 Å². The first kappa shape index (κ1) is 12.4. The molecule has 1 heterocycles. The highest BCUT2D eigenvalue weighted by Gasteiger charge is 2.13. The van der Waals surface area contributed by atoms with Gasteiger partial charge in [-0.1, -0.05) is 22.9 Å². The maximum Gasteiger partial charge on any atom is 0.186 e. The molecule has 5 heteroatoms. The minimum atomic E-state index is -0.313. The molecule has 0 aromatic carbocycles. The Morgan fingerprint density at radius 2 is 2.13 bits per heavy atom. The molecule has 1 aromatic rings. The van der Waals surface area contributed by atoms with Crippen LogP contribution in [0.3, 0.4) is 0 Å². The van der Waals surface area contributed by atoms with Gasteiger partial charge in [-0.3, -0.25) is 0 Å². The maximum absolute atomic E-state index is 13.7. The molecule has 0 fully saturated rings. The zero-order valence-electron chi connectivity index (χ0n) is 9.00. The fraction of sp³-hybridized carbons (Fsp3) is 0.600. The third-order valence-electron chi connectivity index (χ3n) is 2.09. The van der Waals surface area contributed by atoms with Crippen LogP contribution >= 0.6 is 15.9 Å². The van der Waals surface area contributed by atoms with Crippen molar-refractivity contribution in [3.8, 4) is 0 Å². The molecule has 0 N–H and O–H groups in total. The van der Waals surface area contributed by atoms with E-state index in [2.05, 4.69) is 32.8 Å². The third kappa shape index (κ3) is 3.12. The summed E-state index contributed by atoms with van der Waals surface area (Å²) in [6.07, 6.45) is 2.38. The van der Waals surface area contributed by atoms with Gasteiger partial charge in [-0.05, 0) is 13.3 Å². The minimum Gasteiger partial charge on any atom is -0.353 e. The van der Waals surface area contributed by atoms with Gasteiger partial charge in [0.05, 0.1) is 5.69 Å². The third-order valence-corrected chi connectivity index (χ3v) is 2.45. The lowest BCUT2D eigenvalue weighted by molar-refractivity contribution is 0.590. The quantitative estimate of drug-likeness (QED) is 0.774. The fourth-order valence-electron chi connectivity index (χ4n) is 1.36. The van der Waals surface area contributed by atoms with E-state index >= 15 is 0 Å². The average Bonchev–Trinajstić information content (AvgIpc) is 2.22. The first-order chi connectivity index (χ1) is 7.20. The molecule has 0 aliphatic rings. The standard InChI is InChI=1S/C10H15BrFN3/c1-3-5-15(6-4-11)10-9(12)8(2)13-7-14-10/h7H,3-6H2,1-2H3. The van der Waals surface area contributed by atoms with Crippen LogP contribution in [0.5, 0.6) is 0 Å². The van der Waals surface area contributed by atoms with Crippen LogP contribution in [-0.2, 0) is 0 Å². The minimum absolute atomic E-state index is 0.313. The van der Waals surface area contributed by atoms with Gasteiger partial charge < -0.3 is 4.90 Å². The Hall–Kier alpha value is -0.710. The Labute approximate surface area is 97.9 Å². The summed E-state index contributed by atoms with van der Waals surface area (Å²) in [5, 5.41) is 0.801. The normalized spacial score (nSPS) is 10.4. The van der Waals surface area contributed by atoms with E-state index in [0.29, 0.717) is 11.5 Å². The monoisotopic (exact) mass is 275 g/mol. The van der Waals surface area contributed by atoms with Gasteiger partial charge in [0.2, 0.25) is 0 Å². The van der Waals surface area contributed by atoms with E-state index in [4.69, 9.17) is 0 Å². The molecule has 0 atom stereocenters. The number of halogens is 2. The smallest absolute Gasteiger partial charge is 0.186 e. The van der Waals surface area contributed by atoms with Crippen LogP contribution in [0.4, 0.5) is 10.2 Å². The molecule has 3 nitrogen and oxygen atoms in total. The first-order valence-corrected chi connectivity index (χ1v) is 6.10. The zero-order chi connectivity index (χ0) is 11.3. The molecular weight excluding hydrogens is 261 g/mol. The van der Waals surface area contributed by atoms with Crippen molar-refractivity contribution in [2.45, 2.75) is 20.3 Å². The van der Waals surface area contributed by atoms with Crippen molar-refractivity contribution in [2.24, 2.45) is 0 Å². The second-order valence-electron chi connectivity index (χ2n) is 3.27. The summed E-state index contributed by atoms with van der Waals surface area (Å²) in [5.41, 5.74) is 0.399. The number of nitrogens with zero attached hydrogens (tertiary/aromatic N) is 3. The summed E-state index contributed by atoms with van der Waals surface area (Å²) in [6.45, 7) is 5.27. The van der Waals surface area contributed by atoms with Crippen LogP contribution in [-0.4, -0.2) is 28.4 Å². The van der Waals surface area contributed by atoms with Crippen molar-refractivity contribution in [3.05, 3.63) is 17.8 Å². The number of hydrogen-bond donors (Lipinski definition) is 0. The van der Waals surface area contributed by atoms with Crippen LogP contribution < -0.4 is 4.90 Å². The highest BCUT2D eigenvalue weighted by molar-refractivity contribution is 9.09. The summed E-state index contributed by atoms with van der Waals surface area (Å²) in [5.74, 6) is 0.0932. The molecular formula is C10H15BrFN3. The number of alkyl halides is 1. The maximum atomic E-state index is 13.7. The van der Waals surface area contributed by atoms with E-state index in [0.717, 1.165) is 24.8 Å². The highest BCUT2D eigenvalue weighted by atomic mass is 79.9. The molecule has 0 saturated heterocycles. The SMILES string of the molecule is CCCN(CCBr)c1ncnc(C)c1F. The summed E-state index contributed by atoms with van der Waals surface area (Å²) >= 11 is 3.35. The van der Waals surface area contributed by atoms with Gasteiger partial charge in [-0.25, -0.2) is 14.4 Å². The molecule has 1 rings (SSSR count). The Morgan fingerprint density at radius 1 is 1.40 bits per heavy atom. The molecule has 0 amide bonds. The van der Waals surface area contributed by atoms with Crippen molar-refractivity contribution >= 4 is 21.7 Å². The van der Waals surface area contributed by atoms with Crippen LogP contribution in [0.1, 0.15) is 19.0 Å². The van der Waals surface area contributed by atoms with Crippen LogP contribution in [0.2, 0.25) is 0 Å². The lowest BCUT2D eigenvalue weighted by Crippen LogP contribution is -2.28. The number of rotatable bonds is 5. The van der Waals surface area contributed by atoms with E-state index < -0.39 is 0 Å². The average molecular weight is 276 g/mol. The van der Waals surface area contributed by atoms with Crippen molar-refractivity contribution in [2.75, 3.05) is 23.3 Å². The molecule has 0 unspecified atom stereocenters. The predicted octanol–water partition coefficient (Wildman–Crippen LogP) is 2.54. The summed E-state index contributed by atoms with van der Waals surface area (Å²) in [6, 6.07) is 0. The largest absolute Gasteiger partial charge is 0.353 e. The Balaban J connectivity index is 2.94. The Morgan fingerprint density at radius 3 is 2.73 bits per heavy atom. The van der Waals surface area contributed by atoms with Gasteiger partial charge >= 0.3 is 0 Å². The molecule has 0 bridgehead atoms. The van der Waals surface area contributed by atoms with Crippen molar-refractivity contribution in [1.29, 1.82) is 0 Å². The number of aryl methyl sites for hydroxylation is 1. The van der Waals surface area contributed by atoms with Crippen molar-refractivity contribution in [3.63, 3.8) is 0 Å². The second kappa shape index (κ2) is 6.00. The van der Waals surface area contributed by atoms with Crippen molar-refractivity contribution < 1.29 is 4.39 Å². The van der Waals surface area contributed by atoms with E-state index in [1.165, 1.54) is 6.33 Å². The zero-order valence-corrected chi connectivity index (χ0v) is 10.6. The topological polar surface area (TPSA) is 29.0 Å². The predicted molar refractivity (Wildman–Crippen MR) is 63.0 cm³/mol. The molecule has 0 aliphatic carbocycles. The first-order valence-electron chi connectivity index (χ1n) is 4.98. The Bertz CT molecular complexity index is 314. The van der Waals surface area contributed by atoms with E-state index in [-0.39, 0.29) is 5.82 Å². The van der Waals surface area contributed by atoms with Gasteiger partial charge in [-0.15, -0.1) is 0 Å². The van der Waals surface area contributed by atoms with Gasteiger partial charge in [0.15, 0.2) is 11.6 Å². The van der Waals surface area contributed by atoms with Gasteiger partial charge in [0, 0.05) is 18.4 Å². The molecule has 0 aliphatic heterocycles. The summed E-state index contributed by atoms with van der Waals surface area (Å²) in [7, 11) is 0. The van der Waals surface area contributed by atoms with E-state index in [1.807, 2.05) is 4.90 Å². The van der Waals surface area contributed by atoms with Crippen LogP contribution in [0.15, 0.2) is 6.33 Å². The summed E-state index contributed by atoms with van der Waals surface area (Å²) in [4.78, 5) is 9.74. The second-order valence-corrected chi connectivity index (χ2v) is 4.07. The van der Waals surface area contributed by atoms with Gasteiger partial charge in [0.25, 0.3) is 0 Å². The highest BCUT2D eigenvalue weighted by Crippen LogP contribution is 2.17. The van der Waals surface area contributed by atoms with Crippen LogP contribution in [0.25, 0.3) is 0 Å². The van der Waals surface area contributed by atoms with Crippen LogP contribution in [0, 0.1) is 12.7 Å². The summed E-state index contributed by atoms with van der Waals surface area (Å²) < 4.78 is 13.7. The van der Waals surface area contributed by atoms with Crippen molar-refractivity contribution in [1.82, 2.24) is 9.97 Å². The number of aromatic nitrogens is 2. The Kier molecular flexibility index (Phi) is 4.94. The molecule has 0 saturated carbocycles. The van der Waals surface area contributed by atoms with E-state index in [9.17, 15) is 4.39 Å². The molecule has 84 valence electrons. The lowest BCUT2D eigenvalue weighted by Gasteiger charge is -2.22. The number of hydrogen-bond acceptors (Lipinski definition) is 3. The fourth-order valence-corrected chi connectivity index (χ4v) is 1.79. The van der Waals surface area contributed by atoms with Gasteiger partial charge in [-0.2, -0.15) is 0 Å². The molecule has 15 heavy (non-hydrogen) atoms. The molecule has 0 spiro atoms.